The lowest BCUT2D eigenvalue weighted by atomic mass is 9.86. The van der Waals surface area contributed by atoms with Gasteiger partial charge in [-0.15, -0.1) is 0 Å². The third-order valence-electron chi connectivity index (χ3n) is 4.04. The van der Waals surface area contributed by atoms with Crippen molar-refractivity contribution in [2.45, 2.75) is 31.7 Å². The summed E-state index contributed by atoms with van der Waals surface area (Å²) in [6.45, 7) is 0. The van der Waals surface area contributed by atoms with Crippen molar-refractivity contribution in [3.63, 3.8) is 0 Å². The van der Waals surface area contributed by atoms with Crippen LogP contribution < -0.4 is 5.32 Å². The van der Waals surface area contributed by atoms with E-state index in [2.05, 4.69) is 16.4 Å². The van der Waals surface area contributed by atoms with Gasteiger partial charge in [-0.25, -0.2) is 4.98 Å². The van der Waals surface area contributed by atoms with Gasteiger partial charge in [-0.3, -0.25) is 9.20 Å². The maximum absolute atomic E-state index is 11.5. The Morgan fingerprint density at radius 3 is 2.90 bits per heavy atom. The first kappa shape index (κ1) is 13.0. The van der Waals surface area contributed by atoms with Gasteiger partial charge in [0.1, 0.15) is 11.5 Å². The SMILES string of the molecule is COC(=O)C1CCC(Nc2cccc3nccn23)CC1. The molecule has 1 aliphatic carbocycles. The molecule has 5 heteroatoms. The van der Waals surface area contributed by atoms with Crippen LogP contribution in [0.1, 0.15) is 25.7 Å². The third kappa shape index (κ3) is 2.48. The molecule has 0 atom stereocenters. The number of carbonyl (C=O) groups is 1. The predicted octanol–water partition coefficient (Wildman–Crippen LogP) is 2.48. The number of imidazole rings is 1. The van der Waals surface area contributed by atoms with E-state index in [1.165, 1.54) is 7.11 Å². The molecule has 1 saturated carbocycles. The Balaban J connectivity index is 1.65. The molecule has 0 unspecified atom stereocenters. The van der Waals surface area contributed by atoms with Crippen molar-refractivity contribution in [1.82, 2.24) is 9.38 Å². The molecule has 2 aromatic rings. The zero-order chi connectivity index (χ0) is 13.9. The van der Waals surface area contributed by atoms with Crippen molar-refractivity contribution < 1.29 is 9.53 Å². The van der Waals surface area contributed by atoms with Crippen molar-refractivity contribution in [1.29, 1.82) is 0 Å². The Kier molecular flexibility index (Phi) is 3.58. The van der Waals surface area contributed by atoms with E-state index in [1.54, 1.807) is 6.20 Å². The number of aromatic nitrogens is 2. The number of nitrogens with one attached hydrogen (secondary N) is 1. The van der Waals surface area contributed by atoms with Crippen LogP contribution in [0.2, 0.25) is 0 Å². The summed E-state index contributed by atoms with van der Waals surface area (Å²) in [6, 6.07) is 6.45. The fourth-order valence-corrected chi connectivity index (χ4v) is 2.91. The summed E-state index contributed by atoms with van der Waals surface area (Å²) in [5, 5.41) is 3.56. The zero-order valence-corrected chi connectivity index (χ0v) is 11.6. The van der Waals surface area contributed by atoms with Crippen LogP contribution in [-0.4, -0.2) is 28.5 Å². The van der Waals surface area contributed by atoms with E-state index in [-0.39, 0.29) is 11.9 Å². The Morgan fingerprint density at radius 2 is 2.15 bits per heavy atom. The number of hydrogen-bond acceptors (Lipinski definition) is 4. The number of pyridine rings is 1. The maximum atomic E-state index is 11.5. The lowest BCUT2D eigenvalue weighted by Crippen LogP contribution is -2.30. The molecule has 2 aromatic heterocycles. The molecule has 5 nitrogen and oxygen atoms in total. The molecule has 1 N–H and O–H groups in total. The van der Waals surface area contributed by atoms with E-state index in [4.69, 9.17) is 4.74 Å². The first-order valence-electron chi connectivity index (χ1n) is 7.04. The highest BCUT2D eigenvalue weighted by Gasteiger charge is 2.26. The van der Waals surface area contributed by atoms with Gasteiger partial charge in [0.25, 0.3) is 0 Å². The first-order valence-corrected chi connectivity index (χ1v) is 7.04. The van der Waals surface area contributed by atoms with Gasteiger partial charge < -0.3 is 10.1 Å². The van der Waals surface area contributed by atoms with Crippen LogP contribution in [0.4, 0.5) is 5.82 Å². The molecule has 2 heterocycles. The predicted molar refractivity (Wildman–Crippen MR) is 76.6 cm³/mol. The van der Waals surface area contributed by atoms with E-state index in [1.807, 2.05) is 22.7 Å². The number of fused-ring (bicyclic) bond motifs is 1. The summed E-state index contributed by atoms with van der Waals surface area (Å²) in [6.07, 6.45) is 7.52. The second kappa shape index (κ2) is 5.53. The third-order valence-corrected chi connectivity index (χ3v) is 4.04. The number of anilines is 1. The van der Waals surface area contributed by atoms with Gasteiger partial charge >= 0.3 is 5.97 Å². The monoisotopic (exact) mass is 273 g/mol. The van der Waals surface area contributed by atoms with Gasteiger partial charge in [-0.05, 0) is 37.8 Å². The maximum Gasteiger partial charge on any atom is 0.308 e. The summed E-state index contributed by atoms with van der Waals surface area (Å²) in [7, 11) is 1.46. The molecular formula is C15H19N3O2. The average Bonchev–Trinajstić information content (AvgIpc) is 2.97. The van der Waals surface area contributed by atoms with E-state index in [0.29, 0.717) is 6.04 Å². The van der Waals surface area contributed by atoms with E-state index in [0.717, 1.165) is 37.1 Å². The topological polar surface area (TPSA) is 55.6 Å². The standard InChI is InChI=1S/C15H19N3O2/c1-20-15(19)11-5-7-12(8-6-11)17-14-4-2-3-13-16-9-10-18(13)14/h2-4,9-12,17H,5-8H2,1H3. The molecule has 0 aromatic carbocycles. The number of esters is 1. The minimum Gasteiger partial charge on any atom is -0.469 e. The fraction of sp³-hybridized carbons (Fsp3) is 0.467. The number of hydrogen-bond donors (Lipinski definition) is 1. The van der Waals surface area contributed by atoms with Crippen molar-refractivity contribution in [2.75, 3.05) is 12.4 Å². The van der Waals surface area contributed by atoms with Crippen molar-refractivity contribution >= 4 is 17.4 Å². The van der Waals surface area contributed by atoms with Gasteiger partial charge in [0, 0.05) is 18.4 Å². The molecule has 0 spiro atoms. The number of rotatable bonds is 3. The van der Waals surface area contributed by atoms with Crippen molar-refractivity contribution in [3.05, 3.63) is 30.6 Å². The number of nitrogens with zero attached hydrogens (tertiary/aromatic N) is 2. The van der Waals surface area contributed by atoms with Crippen LogP contribution in [0.3, 0.4) is 0 Å². The lowest BCUT2D eigenvalue weighted by Gasteiger charge is -2.28. The average molecular weight is 273 g/mol. The van der Waals surface area contributed by atoms with Crippen molar-refractivity contribution in [3.8, 4) is 0 Å². The highest BCUT2D eigenvalue weighted by atomic mass is 16.5. The molecule has 1 aliphatic rings. The van der Waals surface area contributed by atoms with Crippen LogP contribution in [0, 0.1) is 5.92 Å². The Bertz CT molecular complexity index is 600. The highest BCUT2D eigenvalue weighted by molar-refractivity contribution is 5.72. The molecule has 106 valence electrons. The van der Waals surface area contributed by atoms with Gasteiger partial charge in [0.2, 0.25) is 0 Å². The van der Waals surface area contributed by atoms with Gasteiger partial charge in [-0.1, -0.05) is 6.07 Å². The highest BCUT2D eigenvalue weighted by Crippen LogP contribution is 2.27. The van der Waals surface area contributed by atoms with Crippen LogP contribution >= 0.6 is 0 Å². The molecule has 0 saturated heterocycles. The summed E-state index contributed by atoms with van der Waals surface area (Å²) in [4.78, 5) is 15.8. The number of ether oxygens (including phenoxy) is 1. The lowest BCUT2D eigenvalue weighted by molar-refractivity contribution is -0.146. The minimum absolute atomic E-state index is 0.0693. The van der Waals surface area contributed by atoms with E-state index < -0.39 is 0 Å². The Morgan fingerprint density at radius 1 is 1.35 bits per heavy atom. The van der Waals surface area contributed by atoms with Crippen LogP contribution in [-0.2, 0) is 9.53 Å². The molecule has 3 rings (SSSR count). The second-order valence-electron chi connectivity index (χ2n) is 5.28. The van der Waals surface area contributed by atoms with Crippen LogP contribution in [0.25, 0.3) is 5.65 Å². The summed E-state index contributed by atoms with van der Waals surface area (Å²) >= 11 is 0. The molecule has 0 bridgehead atoms. The van der Waals surface area contributed by atoms with Crippen molar-refractivity contribution in [2.24, 2.45) is 5.92 Å². The zero-order valence-electron chi connectivity index (χ0n) is 11.6. The molecular weight excluding hydrogens is 254 g/mol. The largest absolute Gasteiger partial charge is 0.469 e. The molecule has 0 aliphatic heterocycles. The smallest absolute Gasteiger partial charge is 0.308 e. The summed E-state index contributed by atoms with van der Waals surface area (Å²) < 4.78 is 6.87. The Labute approximate surface area is 118 Å². The van der Waals surface area contributed by atoms with Gasteiger partial charge in [0.05, 0.1) is 13.0 Å². The number of carbonyl (C=O) groups excluding carboxylic acids is 1. The van der Waals surface area contributed by atoms with Crippen LogP contribution in [0.15, 0.2) is 30.6 Å². The molecule has 0 amide bonds. The fourth-order valence-electron chi connectivity index (χ4n) is 2.91. The summed E-state index contributed by atoms with van der Waals surface area (Å²) in [5.41, 5.74) is 0.943. The molecule has 20 heavy (non-hydrogen) atoms. The second-order valence-corrected chi connectivity index (χ2v) is 5.28. The minimum atomic E-state index is -0.0693. The Hall–Kier alpha value is -2.04. The number of methoxy groups -OCH3 is 1. The van der Waals surface area contributed by atoms with Gasteiger partial charge in [-0.2, -0.15) is 0 Å². The normalized spacial score (nSPS) is 22.6. The first-order chi connectivity index (χ1) is 9.78. The van der Waals surface area contributed by atoms with Crippen LogP contribution in [0.5, 0.6) is 0 Å². The van der Waals surface area contributed by atoms with Gasteiger partial charge in [0.15, 0.2) is 0 Å². The summed E-state index contributed by atoms with van der Waals surface area (Å²) in [5.74, 6) is 1.06. The van der Waals surface area contributed by atoms with E-state index in [9.17, 15) is 4.79 Å². The van der Waals surface area contributed by atoms with E-state index >= 15 is 0 Å². The molecule has 1 fully saturated rings. The quantitative estimate of drug-likeness (QED) is 0.873. The molecule has 0 radical (unpaired) electrons.